The van der Waals surface area contributed by atoms with Crippen molar-refractivity contribution in [3.8, 4) is 23.0 Å². The maximum atomic E-state index is 14.5. The summed E-state index contributed by atoms with van der Waals surface area (Å²) >= 11 is 0. The Morgan fingerprint density at radius 1 is 0.663 bits per heavy atom. The molecule has 0 bridgehead atoms. The van der Waals surface area contributed by atoms with Crippen molar-refractivity contribution in [3.05, 3.63) is 76.3 Å². The van der Waals surface area contributed by atoms with Crippen molar-refractivity contribution in [1.82, 2.24) is 46.6 Å². The Bertz CT molecular complexity index is 3060. The van der Waals surface area contributed by atoms with Crippen LogP contribution in [0.15, 0.2) is 48.5 Å². The lowest BCUT2D eigenvalue weighted by atomic mass is 9.72. The first-order valence-corrected chi connectivity index (χ1v) is 31.6. The van der Waals surface area contributed by atoms with Crippen LogP contribution in [-0.4, -0.2) is 198 Å². The van der Waals surface area contributed by atoms with E-state index in [-0.39, 0.29) is 56.8 Å². The van der Waals surface area contributed by atoms with E-state index in [0.717, 1.165) is 43.5 Å². The summed E-state index contributed by atoms with van der Waals surface area (Å²) in [7, 11) is 6.51. The second kappa shape index (κ2) is 34.8. The molecule has 0 aliphatic carbocycles. The smallest absolute Gasteiger partial charge is 0.410 e. The lowest BCUT2D eigenvalue weighted by molar-refractivity contribution is -0.134. The molecule has 0 saturated carbocycles. The highest BCUT2D eigenvalue weighted by atomic mass is 16.6. The Morgan fingerprint density at radius 3 is 1.87 bits per heavy atom. The Morgan fingerprint density at radius 2 is 1.25 bits per heavy atom. The Kier molecular flexibility index (Phi) is 26.9. The molecular formula is C64H92N12O16. The largest absolute Gasteiger partial charge is 0.493 e. The van der Waals surface area contributed by atoms with E-state index in [9.17, 15) is 48.3 Å². The van der Waals surface area contributed by atoms with Gasteiger partial charge in [-0.25, -0.2) is 9.59 Å². The molecule has 10 amide bonds. The molecule has 12 N–H and O–H groups in total. The lowest BCUT2D eigenvalue weighted by Gasteiger charge is -2.49. The molecule has 2 saturated heterocycles. The van der Waals surface area contributed by atoms with Crippen molar-refractivity contribution in [2.75, 3.05) is 106 Å². The number of aliphatic hydroxyl groups excluding tert-OH is 1. The number of benzene rings is 3. The van der Waals surface area contributed by atoms with E-state index in [0.29, 0.717) is 98.7 Å². The van der Waals surface area contributed by atoms with Gasteiger partial charge in [0.05, 0.1) is 67.4 Å². The first-order chi connectivity index (χ1) is 44.3. The van der Waals surface area contributed by atoms with Gasteiger partial charge in [-0.2, -0.15) is 0 Å². The number of carbonyl (C=O) groups is 9. The van der Waals surface area contributed by atoms with Crippen LogP contribution in [0, 0.1) is 11.8 Å². The van der Waals surface area contributed by atoms with Crippen molar-refractivity contribution in [2.24, 2.45) is 23.3 Å². The van der Waals surface area contributed by atoms with E-state index >= 15 is 0 Å². The number of nitrogens with two attached hydrogens (primary N) is 2. The average molecular weight is 1290 g/mol. The van der Waals surface area contributed by atoms with Crippen LogP contribution in [0.25, 0.3) is 0 Å². The van der Waals surface area contributed by atoms with Crippen molar-refractivity contribution < 1.29 is 76.7 Å². The minimum Gasteiger partial charge on any atom is -0.493 e. The van der Waals surface area contributed by atoms with Crippen molar-refractivity contribution in [3.63, 3.8) is 0 Å². The summed E-state index contributed by atoms with van der Waals surface area (Å²) in [5, 5.41) is 27.5. The predicted octanol–water partition coefficient (Wildman–Crippen LogP) is 1.83. The fraction of sp³-hybridized carbons (Fsp3) is 0.578. The van der Waals surface area contributed by atoms with Crippen LogP contribution in [0.3, 0.4) is 0 Å². The summed E-state index contributed by atoms with van der Waals surface area (Å²) in [6.45, 7) is 5.71. The molecule has 4 heterocycles. The van der Waals surface area contributed by atoms with Crippen LogP contribution >= 0.6 is 0 Å². The topological polar surface area (TPSA) is 375 Å². The number of nitrogens with zero attached hydrogens (tertiary/aromatic N) is 3. The van der Waals surface area contributed by atoms with Gasteiger partial charge in [0.15, 0.2) is 23.0 Å². The fourth-order valence-corrected chi connectivity index (χ4v) is 12.4. The number of urea groups is 1. The van der Waals surface area contributed by atoms with Crippen LogP contribution in [0.4, 0.5) is 15.3 Å². The minimum absolute atomic E-state index is 0.0374. The number of carbonyl (C=O) groups excluding carboxylic acids is 9. The number of aliphatic hydroxyl groups is 1. The number of piperidine rings is 1. The van der Waals surface area contributed by atoms with Crippen molar-refractivity contribution in [1.29, 1.82) is 0 Å². The Hall–Kier alpha value is -8.47. The van der Waals surface area contributed by atoms with Gasteiger partial charge in [-0.1, -0.05) is 32.4 Å². The van der Waals surface area contributed by atoms with E-state index in [1.807, 2.05) is 17.0 Å². The van der Waals surface area contributed by atoms with E-state index in [2.05, 4.69) is 61.2 Å². The summed E-state index contributed by atoms with van der Waals surface area (Å²) in [5.41, 5.74) is 16.7. The second-order valence-electron chi connectivity index (χ2n) is 23.4. The van der Waals surface area contributed by atoms with Gasteiger partial charge in [-0.3, -0.25) is 38.5 Å². The number of anilines is 1. The number of rotatable bonds is 31. The number of unbranched alkanes of at least 4 members (excludes halogenated alkanes) is 1. The first-order valence-electron chi connectivity index (χ1n) is 31.6. The van der Waals surface area contributed by atoms with Crippen LogP contribution in [-0.2, 0) is 62.5 Å². The standard InChI is InChI=1S/C64H92N12O16/c1-7-39-35-75-21-18-40-29-52(87-3)54(89-5)31-44(40)50(75)27-42(39)28-51-45-32-55(90-6)53(88-4)30-41(45)19-22-76(51)64(86)92-37-38-12-14-43(15-13-38)69-61(83)48(16-17-56(66)78)73-60(82)46(8-2)72-62(84)47(11-9-10-20-65)70-57(79)33-67-59(81)49(36-77)71-58(80)34-68-63(85)74-23-25-91-26-24-74/h12-15,29-32,39,42,46-51,77H,7-11,16-28,33-37,65H2,1-6H3,(H2,66,78)(H,67,81)(H,68,85)(H,69,83)(H,70,79)(H,71,80)(H,72,84)(H,73,82)/t39?,42?,46-,47-,48?,49-,50?,51?/m0/s1. The van der Waals surface area contributed by atoms with Gasteiger partial charge in [-0.05, 0) is 140 Å². The molecule has 4 aliphatic rings. The van der Waals surface area contributed by atoms with Crippen LogP contribution in [0.2, 0.25) is 0 Å². The molecule has 0 aromatic heterocycles. The average Bonchev–Trinajstić information content (AvgIpc) is 0.841. The van der Waals surface area contributed by atoms with Gasteiger partial charge < -0.3 is 92.0 Å². The first kappa shape index (κ1) is 71.0. The summed E-state index contributed by atoms with van der Waals surface area (Å²) < 4.78 is 34.3. The number of primary amides is 1. The molecule has 0 radical (unpaired) electrons. The maximum absolute atomic E-state index is 14.5. The molecule has 92 heavy (non-hydrogen) atoms. The van der Waals surface area contributed by atoms with E-state index < -0.39 is 97.3 Å². The molecule has 4 aliphatic heterocycles. The zero-order valence-electron chi connectivity index (χ0n) is 53.6. The predicted molar refractivity (Wildman–Crippen MR) is 337 cm³/mol. The summed E-state index contributed by atoms with van der Waals surface area (Å²) in [6.07, 6.45) is 4.07. The molecule has 2 fully saturated rings. The molecule has 28 heteroatoms. The van der Waals surface area contributed by atoms with Crippen molar-refractivity contribution in [2.45, 2.75) is 127 Å². The lowest BCUT2D eigenvalue weighted by Crippen LogP contribution is -2.57. The number of amides is 10. The number of methoxy groups -OCH3 is 4. The molecule has 8 atom stereocenters. The van der Waals surface area contributed by atoms with E-state index in [1.165, 1.54) is 16.0 Å². The SMILES string of the molecule is CCC1CN2CCc3cc(OC)c(OC)cc3C2CC1CC1c2cc(OC)c(OC)cc2CCN1C(=O)OCc1ccc(NC(=O)C(CCC(N)=O)NC(=O)[C@H](CC)NC(=O)[C@H](CCCCN)NC(=O)CNC(=O)[C@H](CO)NC(=O)CNC(=O)N2CCOCC2)cc1. The van der Waals surface area contributed by atoms with Gasteiger partial charge in [0.2, 0.25) is 41.4 Å². The quantitative estimate of drug-likeness (QED) is 0.0411. The summed E-state index contributed by atoms with van der Waals surface area (Å²) in [5.74, 6) is -2.26. The van der Waals surface area contributed by atoms with Crippen molar-refractivity contribution >= 4 is 59.2 Å². The minimum atomic E-state index is -1.48. The molecule has 3 aromatic rings. The van der Waals surface area contributed by atoms with E-state index in [1.54, 1.807) is 59.6 Å². The number of morpholine rings is 1. The van der Waals surface area contributed by atoms with E-state index in [4.69, 9.17) is 39.9 Å². The van der Waals surface area contributed by atoms with Gasteiger partial charge in [-0.15, -0.1) is 0 Å². The molecule has 504 valence electrons. The van der Waals surface area contributed by atoms with Gasteiger partial charge in [0.1, 0.15) is 30.8 Å². The third-order valence-electron chi connectivity index (χ3n) is 17.6. The van der Waals surface area contributed by atoms with Crippen LogP contribution in [0.5, 0.6) is 23.0 Å². The molecule has 28 nitrogen and oxygen atoms in total. The third kappa shape index (κ3) is 19.1. The maximum Gasteiger partial charge on any atom is 0.410 e. The highest BCUT2D eigenvalue weighted by Gasteiger charge is 2.43. The summed E-state index contributed by atoms with van der Waals surface area (Å²) in [6, 6.07) is 8.91. The molecule has 3 aromatic carbocycles. The molecule has 0 spiro atoms. The number of hydrogen-bond acceptors (Lipinski definition) is 18. The van der Waals surface area contributed by atoms with Gasteiger partial charge in [0, 0.05) is 50.9 Å². The van der Waals surface area contributed by atoms with Crippen LogP contribution in [0.1, 0.15) is 112 Å². The molecule has 7 rings (SSSR count). The molecular weight excluding hydrogens is 1190 g/mol. The number of ether oxygens (including phenoxy) is 6. The zero-order chi connectivity index (χ0) is 66.4. The fourth-order valence-electron chi connectivity index (χ4n) is 12.4. The highest BCUT2D eigenvalue weighted by molar-refractivity contribution is 5.99. The summed E-state index contributed by atoms with van der Waals surface area (Å²) in [4.78, 5) is 125. The van der Waals surface area contributed by atoms with Gasteiger partial charge in [0.25, 0.3) is 0 Å². The Labute approximate surface area is 536 Å². The number of nitrogens with one attached hydrogen (secondary N) is 7. The van der Waals surface area contributed by atoms with Crippen LogP contribution < -0.4 is 67.6 Å². The molecule has 5 unspecified atom stereocenters. The second-order valence-corrected chi connectivity index (χ2v) is 23.4. The third-order valence-corrected chi connectivity index (χ3v) is 17.6. The van der Waals surface area contributed by atoms with Gasteiger partial charge >= 0.3 is 12.1 Å². The number of hydrogen-bond donors (Lipinski definition) is 10. The Balaban J connectivity index is 0.951. The normalized spacial score (nSPS) is 18.9. The monoisotopic (exact) mass is 1280 g/mol. The highest BCUT2D eigenvalue weighted by Crippen LogP contribution is 2.49. The number of fused-ring (bicyclic) bond motifs is 4. The zero-order valence-corrected chi connectivity index (χ0v) is 53.6.